The summed E-state index contributed by atoms with van der Waals surface area (Å²) in [6.45, 7) is 7.16. The molecule has 0 fully saturated rings. The van der Waals surface area contributed by atoms with Crippen LogP contribution < -0.4 is 10.1 Å². The Kier molecular flexibility index (Phi) is 5.76. The molecule has 2 aromatic rings. The number of likely N-dealkylation sites (N-methyl/N-ethyl adjacent to an activating group) is 1. The maximum atomic E-state index is 5.70. The smallest absolute Gasteiger partial charge is 0.119 e. The Bertz CT molecular complexity index is 523. The lowest BCUT2D eigenvalue weighted by Gasteiger charge is -2.19. The molecular weight excluding hydrogens is 260 g/mol. The van der Waals surface area contributed by atoms with Gasteiger partial charge in [0, 0.05) is 18.4 Å². The second-order valence-electron chi connectivity index (χ2n) is 5.41. The van der Waals surface area contributed by atoms with Gasteiger partial charge in [0.15, 0.2) is 0 Å². The third-order valence-corrected chi connectivity index (χ3v) is 3.29. The molecule has 0 aliphatic heterocycles. The third-order valence-electron chi connectivity index (χ3n) is 3.29. The highest BCUT2D eigenvalue weighted by Gasteiger charge is 2.11. The predicted molar refractivity (Wildman–Crippen MR) is 86.6 cm³/mol. The summed E-state index contributed by atoms with van der Waals surface area (Å²) in [4.78, 5) is 4.07. The van der Waals surface area contributed by atoms with Gasteiger partial charge in [0.1, 0.15) is 5.75 Å². The number of hydrogen-bond acceptors (Lipinski definition) is 3. The minimum atomic E-state index is 0.206. The van der Waals surface area contributed by atoms with E-state index in [1.165, 1.54) is 11.1 Å². The van der Waals surface area contributed by atoms with Gasteiger partial charge < -0.3 is 10.1 Å². The van der Waals surface area contributed by atoms with E-state index in [4.69, 9.17) is 4.74 Å². The van der Waals surface area contributed by atoms with Crippen LogP contribution in [0, 0.1) is 0 Å². The number of rotatable bonds is 7. The SMILES string of the molecule is CCNC(Cc1ccncc1)c1ccc(OC(C)C)cc1. The predicted octanol–water partition coefficient (Wildman–Crippen LogP) is 3.76. The van der Waals surface area contributed by atoms with Gasteiger partial charge >= 0.3 is 0 Å². The minimum Gasteiger partial charge on any atom is -0.491 e. The first kappa shape index (κ1) is 15.5. The van der Waals surface area contributed by atoms with Crippen molar-refractivity contribution in [2.75, 3.05) is 6.54 Å². The first-order valence-electron chi connectivity index (χ1n) is 7.58. The van der Waals surface area contributed by atoms with Gasteiger partial charge in [-0.1, -0.05) is 19.1 Å². The van der Waals surface area contributed by atoms with Crippen molar-refractivity contribution in [3.05, 3.63) is 59.9 Å². The molecule has 1 unspecified atom stereocenters. The van der Waals surface area contributed by atoms with E-state index in [9.17, 15) is 0 Å². The minimum absolute atomic E-state index is 0.206. The summed E-state index contributed by atoms with van der Waals surface area (Å²) >= 11 is 0. The molecular formula is C18H24N2O. The quantitative estimate of drug-likeness (QED) is 0.840. The van der Waals surface area contributed by atoms with Crippen LogP contribution in [-0.2, 0) is 6.42 Å². The summed E-state index contributed by atoms with van der Waals surface area (Å²) in [6.07, 6.45) is 4.86. The number of nitrogens with one attached hydrogen (secondary N) is 1. The van der Waals surface area contributed by atoms with E-state index >= 15 is 0 Å². The maximum absolute atomic E-state index is 5.70. The van der Waals surface area contributed by atoms with Crippen LogP contribution in [0.2, 0.25) is 0 Å². The molecule has 0 aliphatic rings. The number of aromatic nitrogens is 1. The van der Waals surface area contributed by atoms with Gasteiger partial charge in [-0.2, -0.15) is 0 Å². The fourth-order valence-electron chi connectivity index (χ4n) is 2.36. The molecule has 1 aromatic heterocycles. The molecule has 21 heavy (non-hydrogen) atoms. The molecule has 0 bridgehead atoms. The van der Waals surface area contributed by atoms with Crippen LogP contribution in [0.15, 0.2) is 48.8 Å². The van der Waals surface area contributed by atoms with Crippen molar-refractivity contribution in [3.63, 3.8) is 0 Å². The van der Waals surface area contributed by atoms with Gasteiger partial charge in [-0.25, -0.2) is 0 Å². The molecule has 2 rings (SSSR count). The van der Waals surface area contributed by atoms with Crippen LogP contribution in [-0.4, -0.2) is 17.6 Å². The Labute approximate surface area is 127 Å². The average molecular weight is 284 g/mol. The van der Waals surface area contributed by atoms with Crippen LogP contribution in [0.25, 0.3) is 0 Å². The number of hydrogen-bond donors (Lipinski definition) is 1. The van der Waals surface area contributed by atoms with E-state index in [0.29, 0.717) is 6.04 Å². The van der Waals surface area contributed by atoms with E-state index in [1.54, 1.807) is 0 Å². The van der Waals surface area contributed by atoms with Crippen molar-refractivity contribution in [2.45, 2.75) is 39.3 Å². The number of pyridine rings is 1. The van der Waals surface area contributed by atoms with E-state index < -0.39 is 0 Å². The van der Waals surface area contributed by atoms with Crippen LogP contribution in [0.3, 0.4) is 0 Å². The van der Waals surface area contributed by atoms with E-state index in [2.05, 4.69) is 41.5 Å². The molecule has 1 aromatic carbocycles. The second kappa shape index (κ2) is 7.79. The zero-order chi connectivity index (χ0) is 15.1. The fraction of sp³-hybridized carbons (Fsp3) is 0.389. The van der Waals surface area contributed by atoms with Crippen molar-refractivity contribution in [1.29, 1.82) is 0 Å². The van der Waals surface area contributed by atoms with Gasteiger partial charge in [0.2, 0.25) is 0 Å². The molecule has 0 saturated carbocycles. The summed E-state index contributed by atoms with van der Waals surface area (Å²) in [6, 6.07) is 12.8. The zero-order valence-electron chi connectivity index (χ0n) is 13.0. The molecule has 0 aliphatic carbocycles. The van der Waals surface area contributed by atoms with Crippen molar-refractivity contribution in [2.24, 2.45) is 0 Å². The van der Waals surface area contributed by atoms with Crippen molar-refractivity contribution >= 4 is 0 Å². The summed E-state index contributed by atoms with van der Waals surface area (Å²) in [7, 11) is 0. The summed E-state index contributed by atoms with van der Waals surface area (Å²) < 4.78 is 5.70. The van der Waals surface area contributed by atoms with Crippen LogP contribution in [0.1, 0.15) is 37.9 Å². The Morgan fingerprint density at radius 2 is 1.71 bits per heavy atom. The van der Waals surface area contributed by atoms with Crippen LogP contribution in [0.5, 0.6) is 5.75 Å². The maximum Gasteiger partial charge on any atom is 0.119 e. The summed E-state index contributed by atoms with van der Waals surface area (Å²) in [5.41, 5.74) is 2.57. The van der Waals surface area contributed by atoms with Crippen LogP contribution in [0.4, 0.5) is 0 Å². The molecule has 112 valence electrons. The molecule has 0 amide bonds. The lowest BCUT2D eigenvalue weighted by molar-refractivity contribution is 0.242. The highest BCUT2D eigenvalue weighted by atomic mass is 16.5. The lowest BCUT2D eigenvalue weighted by atomic mass is 9.99. The Balaban J connectivity index is 2.10. The number of ether oxygens (including phenoxy) is 1. The zero-order valence-corrected chi connectivity index (χ0v) is 13.0. The monoisotopic (exact) mass is 284 g/mol. The third kappa shape index (κ3) is 4.87. The van der Waals surface area contributed by atoms with Crippen LogP contribution >= 0.6 is 0 Å². The van der Waals surface area contributed by atoms with Gasteiger partial charge in [0.25, 0.3) is 0 Å². The average Bonchev–Trinajstić information content (AvgIpc) is 2.48. The number of benzene rings is 1. The van der Waals surface area contributed by atoms with Gasteiger partial charge in [-0.15, -0.1) is 0 Å². The van der Waals surface area contributed by atoms with E-state index in [-0.39, 0.29) is 6.10 Å². The van der Waals surface area contributed by atoms with Crippen molar-refractivity contribution < 1.29 is 4.74 Å². The number of nitrogens with zero attached hydrogens (tertiary/aromatic N) is 1. The first-order valence-corrected chi connectivity index (χ1v) is 7.58. The molecule has 3 nitrogen and oxygen atoms in total. The van der Waals surface area contributed by atoms with E-state index in [0.717, 1.165) is 18.7 Å². The molecule has 0 radical (unpaired) electrons. The molecule has 3 heteroatoms. The summed E-state index contributed by atoms with van der Waals surface area (Å²) in [5.74, 6) is 0.924. The molecule has 0 spiro atoms. The Hall–Kier alpha value is -1.87. The second-order valence-corrected chi connectivity index (χ2v) is 5.41. The Morgan fingerprint density at radius 3 is 2.29 bits per heavy atom. The van der Waals surface area contributed by atoms with Gasteiger partial charge in [-0.05, 0) is 62.2 Å². The first-order chi connectivity index (χ1) is 10.2. The fourth-order valence-corrected chi connectivity index (χ4v) is 2.36. The molecule has 0 saturated heterocycles. The highest BCUT2D eigenvalue weighted by Crippen LogP contribution is 2.21. The van der Waals surface area contributed by atoms with Crippen molar-refractivity contribution in [1.82, 2.24) is 10.3 Å². The largest absolute Gasteiger partial charge is 0.491 e. The van der Waals surface area contributed by atoms with Gasteiger partial charge in [-0.3, -0.25) is 4.98 Å². The molecule has 1 N–H and O–H groups in total. The van der Waals surface area contributed by atoms with Crippen molar-refractivity contribution in [3.8, 4) is 5.75 Å². The van der Waals surface area contributed by atoms with E-state index in [1.807, 2.05) is 38.4 Å². The lowest BCUT2D eigenvalue weighted by Crippen LogP contribution is -2.23. The van der Waals surface area contributed by atoms with Gasteiger partial charge in [0.05, 0.1) is 6.10 Å². The topological polar surface area (TPSA) is 34.2 Å². The highest BCUT2D eigenvalue weighted by molar-refractivity contribution is 5.30. The Morgan fingerprint density at radius 1 is 1.05 bits per heavy atom. The molecule has 1 heterocycles. The normalized spacial score (nSPS) is 12.4. The standard InChI is InChI=1S/C18H24N2O/c1-4-20-18(13-15-9-11-19-12-10-15)16-5-7-17(8-6-16)21-14(2)3/h5-12,14,18,20H,4,13H2,1-3H3. The molecule has 1 atom stereocenters. The summed E-state index contributed by atoms with van der Waals surface area (Å²) in [5, 5.41) is 3.55.